The molecule has 2 rings (SSSR count). The molecule has 3 nitrogen and oxygen atoms in total. The maximum Gasteiger partial charge on any atom is 0.224 e. The summed E-state index contributed by atoms with van der Waals surface area (Å²) in [4.78, 5) is 10.4. The molecule has 0 aromatic carbocycles. The van der Waals surface area contributed by atoms with Crippen LogP contribution in [0.4, 0.5) is 5.82 Å². The van der Waals surface area contributed by atoms with E-state index >= 15 is 0 Å². The average molecular weight is 240 g/mol. The van der Waals surface area contributed by atoms with Crippen molar-refractivity contribution < 1.29 is 0 Å². The summed E-state index contributed by atoms with van der Waals surface area (Å²) in [6.45, 7) is 0. The lowest BCUT2D eigenvalue weighted by Crippen LogP contribution is -2.31. The molecule has 0 spiro atoms. The number of hydrogen-bond donors (Lipinski definition) is 0. The summed E-state index contributed by atoms with van der Waals surface area (Å²) in [5.74, 6) is 0.937. The van der Waals surface area contributed by atoms with E-state index in [1.54, 1.807) is 6.20 Å². The average Bonchev–Trinajstić information content (AvgIpc) is 2.56. The van der Waals surface area contributed by atoms with Crippen LogP contribution in [0.25, 0.3) is 0 Å². The second kappa shape index (κ2) is 5.48. The second-order valence-electron chi connectivity index (χ2n) is 4.44. The number of aromatic nitrogens is 2. The minimum atomic E-state index is 0.331. The van der Waals surface area contributed by atoms with E-state index in [0.717, 1.165) is 5.82 Å². The minimum absolute atomic E-state index is 0.331. The van der Waals surface area contributed by atoms with Gasteiger partial charge in [-0.3, -0.25) is 0 Å². The Bertz CT molecular complexity index is 335. The molecule has 0 radical (unpaired) electrons. The molecule has 0 aliphatic heterocycles. The van der Waals surface area contributed by atoms with Gasteiger partial charge in [-0.1, -0.05) is 25.7 Å². The summed E-state index contributed by atoms with van der Waals surface area (Å²) < 4.78 is 0. The van der Waals surface area contributed by atoms with Crippen LogP contribution in [0.3, 0.4) is 0 Å². The molecule has 1 heterocycles. The van der Waals surface area contributed by atoms with Gasteiger partial charge in [0.25, 0.3) is 0 Å². The van der Waals surface area contributed by atoms with Crippen molar-refractivity contribution in [1.82, 2.24) is 9.97 Å². The molecule has 1 aliphatic carbocycles. The lowest BCUT2D eigenvalue weighted by molar-refractivity contribution is 0.549. The van der Waals surface area contributed by atoms with Crippen molar-refractivity contribution in [3.63, 3.8) is 0 Å². The summed E-state index contributed by atoms with van der Waals surface area (Å²) in [6.07, 6.45) is 9.64. The number of anilines is 1. The zero-order valence-electron chi connectivity index (χ0n) is 9.69. The third-order valence-electron chi connectivity index (χ3n) is 3.35. The summed E-state index contributed by atoms with van der Waals surface area (Å²) >= 11 is 5.81. The molecule has 16 heavy (non-hydrogen) atoms. The fourth-order valence-electron chi connectivity index (χ4n) is 2.35. The van der Waals surface area contributed by atoms with Crippen LogP contribution < -0.4 is 4.90 Å². The van der Waals surface area contributed by atoms with Crippen molar-refractivity contribution in [2.24, 2.45) is 0 Å². The highest BCUT2D eigenvalue weighted by Gasteiger charge is 2.18. The van der Waals surface area contributed by atoms with Gasteiger partial charge in [0.05, 0.1) is 0 Å². The predicted molar refractivity (Wildman–Crippen MR) is 66.9 cm³/mol. The maximum atomic E-state index is 5.81. The smallest absolute Gasteiger partial charge is 0.224 e. The van der Waals surface area contributed by atoms with Crippen LogP contribution in [0.5, 0.6) is 0 Å². The largest absolute Gasteiger partial charge is 0.357 e. The Morgan fingerprint density at radius 2 is 1.94 bits per heavy atom. The van der Waals surface area contributed by atoms with Gasteiger partial charge in [-0.25, -0.2) is 9.97 Å². The van der Waals surface area contributed by atoms with E-state index in [1.165, 1.54) is 38.5 Å². The van der Waals surface area contributed by atoms with Crippen molar-refractivity contribution in [2.45, 2.75) is 44.6 Å². The molecule has 4 heteroatoms. The first-order valence-electron chi connectivity index (χ1n) is 5.99. The van der Waals surface area contributed by atoms with Crippen LogP contribution in [0, 0.1) is 0 Å². The van der Waals surface area contributed by atoms with Gasteiger partial charge in [-0.15, -0.1) is 0 Å². The monoisotopic (exact) mass is 239 g/mol. The predicted octanol–water partition coefficient (Wildman–Crippen LogP) is 3.29. The molecule has 88 valence electrons. The first-order chi connectivity index (χ1) is 7.77. The molecule has 1 aliphatic rings. The lowest BCUT2D eigenvalue weighted by Gasteiger charge is -2.28. The number of halogens is 1. The SMILES string of the molecule is CN(c1ccnc(Cl)n1)C1CCCCCC1. The lowest BCUT2D eigenvalue weighted by atomic mass is 10.1. The normalized spacial score (nSPS) is 18.1. The van der Waals surface area contributed by atoms with Crippen molar-refractivity contribution in [3.05, 3.63) is 17.5 Å². The van der Waals surface area contributed by atoms with Crippen molar-refractivity contribution >= 4 is 17.4 Å². The fourth-order valence-corrected chi connectivity index (χ4v) is 2.50. The molecule has 0 amide bonds. The van der Waals surface area contributed by atoms with Crippen molar-refractivity contribution in [2.75, 3.05) is 11.9 Å². The molecule has 0 bridgehead atoms. The minimum Gasteiger partial charge on any atom is -0.357 e. The Labute approximate surface area is 102 Å². The van der Waals surface area contributed by atoms with Crippen molar-refractivity contribution in [3.8, 4) is 0 Å². The second-order valence-corrected chi connectivity index (χ2v) is 4.78. The highest BCUT2D eigenvalue weighted by atomic mass is 35.5. The van der Waals surface area contributed by atoms with E-state index in [2.05, 4.69) is 21.9 Å². The van der Waals surface area contributed by atoms with Gasteiger partial charge in [-0.05, 0) is 30.5 Å². The standard InChI is InChI=1S/C12H18ClN3/c1-16(10-6-4-2-3-5-7-10)11-8-9-14-12(13)15-11/h8-10H,2-7H2,1H3. The molecule has 0 N–H and O–H groups in total. The topological polar surface area (TPSA) is 29.0 Å². The molecule has 1 aromatic rings. The van der Waals surface area contributed by atoms with Crippen LogP contribution in [-0.4, -0.2) is 23.1 Å². The zero-order chi connectivity index (χ0) is 11.4. The van der Waals surface area contributed by atoms with Crippen LogP contribution in [0.2, 0.25) is 5.28 Å². The highest BCUT2D eigenvalue weighted by molar-refractivity contribution is 6.28. The van der Waals surface area contributed by atoms with Gasteiger partial charge >= 0.3 is 0 Å². The van der Waals surface area contributed by atoms with E-state index in [1.807, 2.05) is 6.07 Å². The van der Waals surface area contributed by atoms with Crippen LogP contribution in [-0.2, 0) is 0 Å². The first-order valence-corrected chi connectivity index (χ1v) is 6.36. The van der Waals surface area contributed by atoms with Gasteiger partial charge in [0.15, 0.2) is 0 Å². The first kappa shape index (κ1) is 11.6. The Morgan fingerprint density at radius 1 is 1.25 bits per heavy atom. The van der Waals surface area contributed by atoms with Gasteiger partial charge in [0.1, 0.15) is 5.82 Å². The number of hydrogen-bond acceptors (Lipinski definition) is 3. The van der Waals surface area contributed by atoms with Gasteiger partial charge in [0.2, 0.25) is 5.28 Å². The summed E-state index contributed by atoms with van der Waals surface area (Å²) in [6, 6.07) is 2.53. The maximum absolute atomic E-state index is 5.81. The van der Waals surface area contributed by atoms with Crippen molar-refractivity contribution in [1.29, 1.82) is 0 Å². The number of rotatable bonds is 2. The van der Waals surface area contributed by atoms with E-state index < -0.39 is 0 Å². The molecular weight excluding hydrogens is 222 g/mol. The number of nitrogens with zero attached hydrogens (tertiary/aromatic N) is 3. The molecule has 0 unspecified atom stereocenters. The van der Waals surface area contributed by atoms with E-state index in [-0.39, 0.29) is 0 Å². The Balaban J connectivity index is 2.07. The molecule has 0 atom stereocenters. The molecule has 1 saturated carbocycles. The Hall–Kier alpha value is -0.830. The van der Waals surface area contributed by atoms with Crippen LogP contribution >= 0.6 is 11.6 Å². The van der Waals surface area contributed by atoms with Gasteiger partial charge in [0, 0.05) is 19.3 Å². The molecule has 0 saturated heterocycles. The van der Waals surface area contributed by atoms with Crippen LogP contribution in [0.15, 0.2) is 12.3 Å². The Kier molecular flexibility index (Phi) is 3.99. The highest BCUT2D eigenvalue weighted by Crippen LogP contribution is 2.24. The molecular formula is C12H18ClN3. The van der Waals surface area contributed by atoms with Gasteiger partial charge in [-0.2, -0.15) is 0 Å². The summed E-state index contributed by atoms with van der Waals surface area (Å²) in [5.41, 5.74) is 0. The third-order valence-corrected chi connectivity index (χ3v) is 3.53. The van der Waals surface area contributed by atoms with E-state index in [0.29, 0.717) is 11.3 Å². The summed E-state index contributed by atoms with van der Waals surface area (Å²) in [5, 5.41) is 0.331. The quantitative estimate of drug-likeness (QED) is 0.586. The molecule has 1 fully saturated rings. The zero-order valence-corrected chi connectivity index (χ0v) is 10.5. The van der Waals surface area contributed by atoms with Gasteiger partial charge < -0.3 is 4.90 Å². The third kappa shape index (κ3) is 2.85. The fraction of sp³-hybridized carbons (Fsp3) is 0.667. The van der Waals surface area contributed by atoms with E-state index in [9.17, 15) is 0 Å². The van der Waals surface area contributed by atoms with Crippen LogP contribution in [0.1, 0.15) is 38.5 Å². The molecule has 1 aromatic heterocycles. The van der Waals surface area contributed by atoms with E-state index in [4.69, 9.17) is 11.6 Å². The summed E-state index contributed by atoms with van der Waals surface area (Å²) in [7, 11) is 2.11. The Morgan fingerprint density at radius 3 is 2.56 bits per heavy atom.